The topological polar surface area (TPSA) is 99.5 Å². The average molecular weight is 374 g/mol. The number of carbonyl (C=O) groups is 1. The first-order chi connectivity index (χ1) is 12.4. The van der Waals surface area contributed by atoms with E-state index >= 15 is 0 Å². The average Bonchev–Trinajstić information content (AvgIpc) is 3.29. The summed E-state index contributed by atoms with van der Waals surface area (Å²) in [5.41, 5.74) is 1.65. The normalized spacial score (nSPS) is 16.3. The van der Waals surface area contributed by atoms with Gasteiger partial charge in [0.1, 0.15) is 5.52 Å². The maximum absolute atomic E-state index is 12.9. The van der Waals surface area contributed by atoms with E-state index in [4.69, 9.17) is 4.42 Å². The molecule has 1 saturated heterocycles. The minimum absolute atomic E-state index is 0.0955. The summed E-state index contributed by atoms with van der Waals surface area (Å²) in [7, 11) is -3.65. The van der Waals surface area contributed by atoms with Crippen LogP contribution in [0, 0.1) is 6.92 Å². The Kier molecular flexibility index (Phi) is 4.04. The molecule has 4 rings (SSSR count). The molecule has 2 aromatic heterocycles. The van der Waals surface area contributed by atoms with E-state index in [1.807, 2.05) is 0 Å². The van der Waals surface area contributed by atoms with Crippen molar-refractivity contribution in [3.63, 3.8) is 0 Å². The van der Waals surface area contributed by atoms with Gasteiger partial charge in [-0.2, -0.15) is 4.31 Å². The predicted molar refractivity (Wildman–Crippen MR) is 94.2 cm³/mol. The van der Waals surface area contributed by atoms with Gasteiger partial charge in [-0.1, -0.05) is 0 Å². The lowest BCUT2D eigenvalue weighted by molar-refractivity contribution is 0.0698. The van der Waals surface area contributed by atoms with Gasteiger partial charge in [-0.25, -0.2) is 13.4 Å². The highest BCUT2D eigenvalue weighted by Gasteiger charge is 2.31. The standard InChI is InChI=1S/C17H18N4O4S/c1-12-19-15-3-2-14(10-16(15)25-12)26(23,24)21-8-6-20(7-9-21)17(22)13-4-5-18-11-13/h2-5,10-11,18H,6-9H2,1H3. The van der Waals surface area contributed by atoms with E-state index in [0.717, 1.165) is 0 Å². The number of hydrogen-bond acceptors (Lipinski definition) is 5. The van der Waals surface area contributed by atoms with E-state index in [-0.39, 0.29) is 23.9 Å². The molecule has 9 heteroatoms. The number of fused-ring (bicyclic) bond motifs is 1. The summed E-state index contributed by atoms with van der Waals surface area (Å²) in [5.74, 6) is 0.397. The Hall–Kier alpha value is -2.65. The molecule has 0 bridgehead atoms. The van der Waals surface area contributed by atoms with Gasteiger partial charge in [-0.05, 0) is 18.2 Å². The molecule has 26 heavy (non-hydrogen) atoms. The number of aromatic nitrogens is 2. The first kappa shape index (κ1) is 16.8. The van der Waals surface area contributed by atoms with Gasteiger partial charge in [0.05, 0.1) is 10.5 Å². The Morgan fingerprint density at radius 1 is 1.19 bits per heavy atom. The van der Waals surface area contributed by atoms with Crippen LogP contribution in [-0.2, 0) is 10.0 Å². The van der Waals surface area contributed by atoms with Crippen LogP contribution < -0.4 is 0 Å². The van der Waals surface area contributed by atoms with Gasteiger partial charge < -0.3 is 14.3 Å². The van der Waals surface area contributed by atoms with E-state index in [1.165, 1.54) is 16.4 Å². The van der Waals surface area contributed by atoms with Gasteiger partial charge in [0, 0.05) is 51.6 Å². The van der Waals surface area contributed by atoms with Crippen LogP contribution in [0.25, 0.3) is 11.1 Å². The Labute approximate surface area is 150 Å². The van der Waals surface area contributed by atoms with Crippen molar-refractivity contribution in [2.45, 2.75) is 11.8 Å². The van der Waals surface area contributed by atoms with Crippen molar-refractivity contribution in [3.8, 4) is 0 Å². The molecular weight excluding hydrogens is 356 g/mol. The zero-order valence-electron chi connectivity index (χ0n) is 14.2. The van der Waals surface area contributed by atoms with Gasteiger partial charge in [0.2, 0.25) is 10.0 Å². The second-order valence-corrected chi connectivity index (χ2v) is 8.10. The molecule has 8 nitrogen and oxygen atoms in total. The minimum atomic E-state index is -3.65. The molecule has 1 fully saturated rings. The maximum atomic E-state index is 12.9. The fraction of sp³-hybridized carbons (Fsp3) is 0.294. The number of H-pyrrole nitrogens is 1. The lowest BCUT2D eigenvalue weighted by atomic mass is 10.2. The van der Waals surface area contributed by atoms with Crippen molar-refractivity contribution in [1.82, 2.24) is 19.2 Å². The van der Waals surface area contributed by atoms with Gasteiger partial charge in [0.25, 0.3) is 5.91 Å². The number of oxazole rings is 1. The summed E-state index contributed by atoms with van der Waals surface area (Å²) in [6.45, 7) is 2.94. The van der Waals surface area contributed by atoms with E-state index < -0.39 is 10.0 Å². The number of aromatic amines is 1. The Bertz CT molecular complexity index is 1050. The van der Waals surface area contributed by atoms with Gasteiger partial charge >= 0.3 is 0 Å². The van der Waals surface area contributed by atoms with Crippen LogP contribution in [0.15, 0.2) is 46.0 Å². The number of amides is 1. The summed E-state index contributed by atoms with van der Waals surface area (Å²) < 4.78 is 32.6. The fourth-order valence-electron chi connectivity index (χ4n) is 3.10. The highest BCUT2D eigenvalue weighted by Crippen LogP contribution is 2.23. The first-order valence-corrected chi connectivity index (χ1v) is 9.68. The molecule has 3 aromatic rings. The predicted octanol–water partition coefficient (Wildman–Crippen LogP) is 1.61. The molecule has 0 saturated carbocycles. The molecule has 0 aliphatic carbocycles. The van der Waals surface area contributed by atoms with Crippen LogP contribution in [0.3, 0.4) is 0 Å². The number of benzene rings is 1. The minimum Gasteiger partial charge on any atom is -0.441 e. The zero-order chi connectivity index (χ0) is 18.3. The van der Waals surface area contributed by atoms with Crippen molar-refractivity contribution < 1.29 is 17.6 Å². The first-order valence-electron chi connectivity index (χ1n) is 8.24. The Morgan fingerprint density at radius 2 is 1.96 bits per heavy atom. The number of rotatable bonds is 3. The monoisotopic (exact) mass is 374 g/mol. The van der Waals surface area contributed by atoms with E-state index in [9.17, 15) is 13.2 Å². The summed E-state index contributed by atoms with van der Waals surface area (Å²) in [4.78, 5) is 21.2. The Morgan fingerprint density at radius 3 is 2.65 bits per heavy atom. The molecular formula is C17H18N4O4S. The van der Waals surface area contributed by atoms with Crippen molar-refractivity contribution in [2.24, 2.45) is 0 Å². The molecule has 1 aromatic carbocycles. The Balaban J connectivity index is 1.51. The summed E-state index contributed by atoms with van der Waals surface area (Å²) in [6, 6.07) is 6.39. The van der Waals surface area contributed by atoms with Crippen molar-refractivity contribution in [2.75, 3.05) is 26.2 Å². The third-order valence-electron chi connectivity index (χ3n) is 4.48. The van der Waals surface area contributed by atoms with Crippen molar-refractivity contribution >= 4 is 27.0 Å². The summed E-state index contributed by atoms with van der Waals surface area (Å²) in [6.07, 6.45) is 3.33. The largest absolute Gasteiger partial charge is 0.441 e. The molecule has 0 atom stereocenters. The number of carbonyl (C=O) groups excluding carboxylic acids is 1. The van der Waals surface area contributed by atoms with E-state index in [1.54, 1.807) is 36.4 Å². The zero-order valence-corrected chi connectivity index (χ0v) is 15.0. The number of sulfonamides is 1. The van der Waals surface area contributed by atoms with E-state index in [2.05, 4.69) is 9.97 Å². The number of hydrogen-bond donors (Lipinski definition) is 1. The SMILES string of the molecule is Cc1nc2ccc(S(=O)(=O)N3CCN(C(=O)c4cc[nH]c4)CC3)cc2o1. The lowest BCUT2D eigenvalue weighted by Gasteiger charge is -2.33. The number of nitrogens with one attached hydrogen (secondary N) is 1. The van der Waals surface area contributed by atoms with Crippen LogP contribution in [0.2, 0.25) is 0 Å². The van der Waals surface area contributed by atoms with Crippen molar-refractivity contribution in [1.29, 1.82) is 0 Å². The molecule has 1 N–H and O–H groups in total. The number of piperazine rings is 1. The second kappa shape index (κ2) is 6.26. The summed E-state index contributed by atoms with van der Waals surface area (Å²) in [5, 5.41) is 0. The third-order valence-corrected chi connectivity index (χ3v) is 6.37. The second-order valence-electron chi connectivity index (χ2n) is 6.16. The molecule has 0 spiro atoms. The van der Waals surface area contributed by atoms with Crippen LogP contribution >= 0.6 is 0 Å². The summed E-state index contributed by atoms with van der Waals surface area (Å²) >= 11 is 0. The quantitative estimate of drug-likeness (QED) is 0.751. The molecule has 1 aliphatic rings. The molecule has 3 heterocycles. The van der Waals surface area contributed by atoms with Gasteiger partial charge in [-0.3, -0.25) is 4.79 Å². The number of aryl methyl sites for hydroxylation is 1. The van der Waals surface area contributed by atoms with Crippen LogP contribution in [-0.4, -0.2) is 59.7 Å². The molecule has 0 unspecified atom stereocenters. The highest BCUT2D eigenvalue weighted by atomic mass is 32.2. The molecule has 1 aliphatic heterocycles. The molecule has 1 amide bonds. The molecule has 136 valence electrons. The van der Waals surface area contributed by atoms with E-state index in [0.29, 0.717) is 35.6 Å². The lowest BCUT2D eigenvalue weighted by Crippen LogP contribution is -2.50. The van der Waals surface area contributed by atoms with Crippen molar-refractivity contribution in [3.05, 3.63) is 48.1 Å². The van der Waals surface area contributed by atoms with Crippen LogP contribution in [0.4, 0.5) is 0 Å². The van der Waals surface area contributed by atoms with Gasteiger partial charge in [-0.15, -0.1) is 0 Å². The molecule has 0 radical (unpaired) electrons. The number of nitrogens with zero attached hydrogens (tertiary/aromatic N) is 3. The van der Waals surface area contributed by atoms with Crippen LogP contribution in [0.1, 0.15) is 16.2 Å². The van der Waals surface area contributed by atoms with Crippen LogP contribution in [0.5, 0.6) is 0 Å². The smallest absolute Gasteiger partial charge is 0.255 e. The fourth-order valence-corrected chi connectivity index (χ4v) is 4.54. The third kappa shape index (κ3) is 2.89. The van der Waals surface area contributed by atoms with Gasteiger partial charge in [0.15, 0.2) is 11.5 Å². The maximum Gasteiger partial charge on any atom is 0.255 e. The highest BCUT2D eigenvalue weighted by molar-refractivity contribution is 7.89.